The van der Waals surface area contributed by atoms with Crippen molar-refractivity contribution < 1.29 is 9.53 Å². The van der Waals surface area contributed by atoms with E-state index in [-0.39, 0.29) is 12.5 Å². The van der Waals surface area contributed by atoms with Gasteiger partial charge in [-0.1, -0.05) is 23.7 Å². The third kappa shape index (κ3) is 5.25. The summed E-state index contributed by atoms with van der Waals surface area (Å²) >= 11 is 6.00. The van der Waals surface area contributed by atoms with Gasteiger partial charge in [0.15, 0.2) is 0 Å². The summed E-state index contributed by atoms with van der Waals surface area (Å²) in [6, 6.07) is 20.2. The number of fused-ring (bicyclic) bond motifs is 1. The zero-order valence-electron chi connectivity index (χ0n) is 17.7. The average Bonchev–Trinajstić information content (AvgIpc) is 3.20. The number of aromatic nitrogens is 2. The number of aromatic amines is 1. The van der Waals surface area contributed by atoms with E-state index in [1.54, 1.807) is 36.5 Å². The predicted octanol–water partition coefficient (Wildman–Crippen LogP) is 4.63. The van der Waals surface area contributed by atoms with E-state index in [1.165, 1.54) is 0 Å². The molecule has 0 unspecified atom stereocenters. The average molecular weight is 448 g/mol. The summed E-state index contributed by atoms with van der Waals surface area (Å²) in [5, 5.41) is 4.67. The molecule has 1 aromatic heterocycles. The first-order chi connectivity index (χ1) is 15.5. The third-order valence-electron chi connectivity index (χ3n) is 4.77. The maximum absolute atomic E-state index is 12.3. The van der Waals surface area contributed by atoms with Crippen LogP contribution in [0.1, 0.15) is 21.7 Å². The molecule has 32 heavy (non-hydrogen) atoms. The highest BCUT2D eigenvalue weighted by Crippen LogP contribution is 2.19. The Hall–Kier alpha value is -3.84. The van der Waals surface area contributed by atoms with E-state index >= 15 is 0 Å². The van der Waals surface area contributed by atoms with E-state index in [0.29, 0.717) is 22.2 Å². The van der Waals surface area contributed by atoms with Gasteiger partial charge >= 0.3 is 0 Å². The van der Waals surface area contributed by atoms with Crippen molar-refractivity contribution in [1.29, 1.82) is 0 Å². The molecule has 0 spiro atoms. The van der Waals surface area contributed by atoms with E-state index in [1.807, 2.05) is 55.4 Å². The molecule has 4 rings (SSSR count). The summed E-state index contributed by atoms with van der Waals surface area (Å²) in [5.74, 6) is 1.02. The van der Waals surface area contributed by atoms with Gasteiger partial charge in [0.1, 0.15) is 18.2 Å². The van der Waals surface area contributed by atoms with Crippen molar-refractivity contribution in [2.24, 2.45) is 5.10 Å². The topological polar surface area (TPSA) is 82.6 Å². The lowest BCUT2D eigenvalue weighted by Gasteiger charge is -2.11. The molecule has 0 saturated heterocycles. The van der Waals surface area contributed by atoms with Gasteiger partial charge in [-0.25, -0.2) is 10.4 Å². The van der Waals surface area contributed by atoms with Crippen LogP contribution in [0, 0.1) is 0 Å². The standard InChI is InChI=1S/C24H22ClN5O2/c1-30(2)19-8-3-16(4-9-19)14-26-29-24(31)17-5-10-20(11-6-17)32-15-23-27-21-12-7-18(25)13-22(21)28-23/h3-14H,15H2,1-2H3,(H,27,28)(H,29,31)/b26-14+. The molecule has 0 aliphatic carbocycles. The van der Waals surface area contributed by atoms with E-state index in [0.717, 1.165) is 22.3 Å². The number of nitrogens with one attached hydrogen (secondary N) is 2. The Balaban J connectivity index is 1.30. The van der Waals surface area contributed by atoms with E-state index in [2.05, 4.69) is 20.5 Å². The molecule has 0 aliphatic rings. The Kier molecular flexibility index (Phi) is 6.37. The third-order valence-corrected chi connectivity index (χ3v) is 5.01. The van der Waals surface area contributed by atoms with Crippen LogP contribution in [0.15, 0.2) is 71.8 Å². The molecule has 1 heterocycles. The Morgan fingerprint density at radius 1 is 1.12 bits per heavy atom. The summed E-state index contributed by atoms with van der Waals surface area (Å²) in [7, 11) is 3.96. The minimum absolute atomic E-state index is 0.273. The first kappa shape index (κ1) is 21.4. The second kappa shape index (κ2) is 9.53. The molecule has 1 amide bonds. The van der Waals surface area contributed by atoms with Gasteiger partial charge in [-0.3, -0.25) is 4.79 Å². The number of hydrogen-bond donors (Lipinski definition) is 2. The molecule has 0 fully saturated rings. The number of ether oxygens (including phenoxy) is 1. The van der Waals surface area contributed by atoms with Gasteiger partial charge in [0.05, 0.1) is 17.2 Å². The highest BCUT2D eigenvalue weighted by molar-refractivity contribution is 6.31. The Morgan fingerprint density at radius 2 is 1.88 bits per heavy atom. The molecule has 7 nitrogen and oxygen atoms in total. The van der Waals surface area contributed by atoms with Gasteiger partial charge in [-0.2, -0.15) is 5.10 Å². The number of carbonyl (C=O) groups is 1. The number of hydrazone groups is 1. The lowest BCUT2D eigenvalue weighted by Crippen LogP contribution is -2.17. The number of H-pyrrole nitrogens is 1. The fraction of sp³-hybridized carbons (Fsp3) is 0.125. The molecule has 162 valence electrons. The summed E-state index contributed by atoms with van der Waals surface area (Å²) in [6.07, 6.45) is 1.61. The molecule has 3 aromatic carbocycles. The van der Waals surface area contributed by atoms with Crippen LogP contribution in [-0.4, -0.2) is 36.2 Å². The second-order valence-corrected chi connectivity index (χ2v) is 7.78. The van der Waals surface area contributed by atoms with E-state index in [4.69, 9.17) is 16.3 Å². The van der Waals surface area contributed by atoms with Gasteiger partial charge in [0.2, 0.25) is 0 Å². The summed E-state index contributed by atoms with van der Waals surface area (Å²) < 4.78 is 5.76. The highest BCUT2D eigenvalue weighted by atomic mass is 35.5. The SMILES string of the molecule is CN(C)c1ccc(/C=N/NC(=O)c2ccc(OCc3nc4ccc(Cl)cc4[nH]3)cc2)cc1. The first-order valence-corrected chi connectivity index (χ1v) is 10.3. The Labute approximate surface area is 190 Å². The van der Waals surface area contributed by atoms with E-state index in [9.17, 15) is 4.79 Å². The van der Waals surface area contributed by atoms with Crippen LogP contribution in [0.3, 0.4) is 0 Å². The van der Waals surface area contributed by atoms with Crippen molar-refractivity contribution in [2.75, 3.05) is 19.0 Å². The maximum atomic E-state index is 12.3. The molecule has 0 bridgehead atoms. The van der Waals surface area contributed by atoms with Crippen LogP contribution in [0.5, 0.6) is 5.75 Å². The molecule has 8 heteroatoms. The molecule has 2 N–H and O–H groups in total. The van der Waals surface area contributed by atoms with Crippen LogP contribution < -0.4 is 15.1 Å². The number of nitrogens with zero attached hydrogens (tertiary/aromatic N) is 3. The molecular weight excluding hydrogens is 426 g/mol. The molecule has 0 radical (unpaired) electrons. The van der Waals surface area contributed by atoms with Gasteiger partial charge in [-0.05, 0) is 60.2 Å². The van der Waals surface area contributed by atoms with Gasteiger partial charge in [-0.15, -0.1) is 0 Å². The van der Waals surface area contributed by atoms with Gasteiger partial charge in [0.25, 0.3) is 5.91 Å². The van der Waals surface area contributed by atoms with Crippen molar-refractivity contribution in [2.45, 2.75) is 6.61 Å². The molecule has 0 saturated carbocycles. The number of anilines is 1. The van der Waals surface area contributed by atoms with Crippen LogP contribution >= 0.6 is 11.6 Å². The summed E-state index contributed by atoms with van der Waals surface area (Å²) in [4.78, 5) is 22.0. The van der Waals surface area contributed by atoms with Crippen molar-refractivity contribution in [3.63, 3.8) is 0 Å². The monoisotopic (exact) mass is 447 g/mol. The maximum Gasteiger partial charge on any atom is 0.271 e. The van der Waals surface area contributed by atoms with Crippen molar-refractivity contribution in [3.05, 3.63) is 88.7 Å². The fourth-order valence-corrected chi connectivity index (χ4v) is 3.22. The lowest BCUT2D eigenvalue weighted by atomic mass is 10.2. The number of carbonyl (C=O) groups excluding carboxylic acids is 1. The fourth-order valence-electron chi connectivity index (χ4n) is 3.05. The lowest BCUT2D eigenvalue weighted by molar-refractivity contribution is 0.0955. The Bertz CT molecular complexity index is 1250. The summed E-state index contributed by atoms with van der Waals surface area (Å²) in [5.41, 5.74) is 6.70. The quantitative estimate of drug-likeness (QED) is 0.320. The van der Waals surface area contributed by atoms with Crippen molar-refractivity contribution >= 4 is 40.4 Å². The molecule has 4 aromatic rings. The summed E-state index contributed by atoms with van der Waals surface area (Å²) in [6.45, 7) is 0.273. The van der Waals surface area contributed by atoms with Crippen LogP contribution in [0.2, 0.25) is 5.02 Å². The number of halogens is 1. The minimum atomic E-state index is -0.299. The molecule has 0 atom stereocenters. The van der Waals surface area contributed by atoms with Gasteiger partial charge < -0.3 is 14.6 Å². The zero-order valence-corrected chi connectivity index (χ0v) is 18.4. The first-order valence-electron chi connectivity index (χ1n) is 9.96. The molecule has 0 aliphatic heterocycles. The highest BCUT2D eigenvalue weighted by Gasteiger charge is 2.07. The minimum Gasteiger partial charge on any atom is -0.486 e. The number of amides is 1. The number of hydrogen-bond acceptors (Lipinski definition) is 5. The van der Waals surface area contributed by atoms with E-state index < -0.39 is 0 Å². The van der Waals surface area contributed by atoms with Crippen LogP contribution in [0.25, 0.3) is 11.0 Å². The second-order valence-electron chi connectivity index (χ2n) is 7.34. The zero-order chi connectivity index (χ0) is 22.5. The van der Waals surface area contributed by atoms with Crippen LogP contribution in [-0.2, 0) is 6.61 Å². The Morgan fingerprint density at radius 3 is 2.59 bits per heavy atom. The normalized spacial score (nSPS) is 11.1. The molecular formula is C24H22ClN5O2. The largest absolute Gasteiger partial charge is 0.486 e. The van der Waals surface area contributed by atoms with Crippen molar-refractivity contribution in [1.82, 2.24) is 15.4 Å². The number of imidazole rings is 1. The predicted molar refractivity (Wildman–Crippen MR) is 128 cm³/mol. The van der Waals surface area contributed by atoms with Crippen LogP contribution in [0.4, 0.5) is 5.69 Å². The van der Waals surface area contributed by atoms with Gasteiger partial charge in [0, 0.05) is 30.4 Å². The van der Waals surface area contributed by atoms with Crippen molar-refractivity contribution in [3.8, 4) is 5.75 Å². The smallest absolute Gasteiger partial charge is 0.271 e. The number of benzene rings is 3. The number of rotatable bonds is 7.